The van der Waals surface area contributed by atoms with Gasteiger partial charge in [-0.05, 0) is 48.9 Å². The summed E-state index contributed by atoms with van der Waals surface area (Å²) in [6.07, 6.45) is 0. The highest BCUT2D eigenvalue weighted by molar-refractivity contribution is 5.91. The maximum atomic E-state index is 15.4. The van der Waals surface area contributed by atoms with Crippen LogP contribution >= 0.6 is 0 Å². The molecule has 0 amide bonds. The summed E-state index contributed by atoms with van der Waals surface area (Å²) in [6, 6.07) is 11.4. The molecular formula is C24H23F3N6O. The number of morpholine rings is 1. The van der Waals surface area contributed by atoms with Crippen LogP contribution in [0.3, 0.4) is 0 Å². The predicted octanol–water partition coefficient (Wildman–Crippen LogP) is 4.52. The topological polar surface area (TPSA) is 79.0 Å². The predicted molar refractivity (Wildman–Crippen MR) is 122 cm³/mol. The number of aromatic amines is 1. The first-order chi connectivity index (χ1) is 16.4. The summed E-state index contributed by atoms with van der Waals surface area (Å²) in [7, 11) is 0. The molecule has 3 heterocycles. The minimum atomic E-state index is -3.53. The summed E-state index contributed by atoms with van der Waals surface area (Å²) in [6.45, 7) is 5.44. The first kappa shape index (κ1) is 22.3. The van der Waals surface area contributed by atoms with E-state index in [0.29, 0.717) is 36.5 Å². The van der Waals surface area contributed by atoms with Gasteiger partial charge in [0.1, 0.15) is 11.6 Å². The maximum absolute atomic E-state index is 15.4. The van der Waals surface area contributed by atoms with E-state index in [0.717, 1.165) is 48.6 Å². The Labute approximate surface area is 194 Å². The van der Waals surface area contributed by atoms with E-state index in [1.165, 1.54) is 0 Å². The van der Waals surface area contributed by atoms with Crippen molar-refractivity contribution in [3.8, 4) is 0 Å². The zero-order valence-electron chi connectivity index (χ0n) is 18.5. The van der Waals surface area contributed by atoms with Gasteiger partial charge < -0.3 is 10.1 Å². The highest BCUT2D eigenvalue weighted by Gasteiger charge is 2.38. The van der Waals surface area contributed by atoms with E-state index in [1.807, 2.05) is 19.1 Å². The number of nitrogens with one attached hydrogen (secondary N) is 2. The van der Waals surface area contributed by atoms with Gasteiger partial charge in [0.05, 0.1) is 18.7 Å². The van der Waals surface area contributed by atoms with E-state index >= 15 is 8.78 Å². The van der Waals surface area contributed by atoms with Crippen molar-refractivity contribution < 1.29 is 17.9 Å². The van der Waals surface area contributed by atoms with Crippen molar-refractivity contribution in [3.05, 3.63) is 77.0 Å². The highest BCUT2D eigenvalue weighted by atomic mass is 19.3. The summed E-state index contributed by atoms with van der Waals surface area (Å²) in [5.41, 5.74) is 1.75. The number of anilines is 2. The van der Waals surface area contributed by atoms with Gasteiger partial charge in [0.2, 0.25) is 5.82 Å². The quantitative estimate of drug-likeness (QED) is 0.433. The number of nitrogens with zero attached hydrogens (tertiary/aromatic N) is 4. The van der Waals surface area contributed by atoms with E-state index in [4.69, 9.17) is 4.74 Å². The number of aryl methyl sites for hydroxylation is 1. The third-order valence-corrected chi connectivity index (χ3v) is 5.71. The number of aromatic nitrogens is 4. The normalized spacial score (nSPS) is 15.1. The van der Waals surface area contributed by atoms with Gasteiger partial charge in [0.25, 0.3) is 0 Å². The van der Waals surface area contributed by atoms with Gasteiger partial charge in [0.15, 0.2) is 5.82 Å². The molecule has 2 aromatic carbocycles. The van der Waals surface area contributed by atoms with Crippen LogP contribution in [0, 0.1) is 12.7 Å². The van der Waals surface area contributed by atoms with E-state index < -0.39 is 17.6 Å². The van der Waals surface area contributed by atoms with Crippen molar-refractivity contribution in [1.82, 2.24) is 25.1 Å². The molecule has 0 aliphatic carbocycles. The molecule has 1 saturated heterocycles. The van der Waals surface area contributed by atoms with Crippen LogP contribution in [0.5, 0.6) is 0 Å². The molecule has 5 rings (SSSR count). The Morgan fingerprint density at radius 2 is 1.82 bits per heavy atom. The molecule has 1 fully saturated rings. The summed E-state index contributed by atoms with van der Waals surface area (Å²) >= 11 is 0. The third kappa shape index (κ3) is 4.59. The van der Waals surface area contributed by atoms with Gasteiger partial charge in [-0.3, -0.25) is 10.00 Å². The van der Waals surface area contributed by atoms with E-state index in [1.54, 1.807) is 12.1 Å². The van der Waals surface area contributed by atoms with Crippen LogP contribution in [-0.2, 0) is 17.2 Å². The van der Waals surface area contributed by atoms with Gasteiger partial charge >= 0.3 is 5.92 Å². The lowest BCUT2D eigenvalue weighted by Gasteiger charge is -2.26. The van der Waals surface area contributed by atoms with Gasteiger partial charge in [-0.25, -0.2) is 14.4 Å². The lowest BCUT2D eigenvalue weighted by Crippen LogP contribution is -2.35. The van der Waals surface area contributed by atoms with Crippen LogP contribution in [0.1, 0.15) is 22.6 Å². The smallest absolute Gasteiger partial charge is 0.331 e. The van der Waals surface area contributed by atoms with Gasteiger partial charge in [-0.2, -0.15) is 13.9 Å². The Hall–Kier alpha value is -3.50. The molecule has 0 spiro atoms. The minimum Gasteiger partial charge on any atom is -0.379 e. The number of alkyl halides is 2. The van der Waals surface area contributed by atoms with E-state index in [2.05, 4.69) is 30.4 Å². The average Bonchev–Trinajstić information content (AvgIpc) is 3.24. The van der Waals surface area contributed by atoms with Crippen LogP contribution in [0.2, 0.25) is 0 Å². The molecule has 1 aliphatic rings. The summed E-state index contributed by atoms with van der Waals surface area (Å²) in [5.74, 6) is -4.13. The standard InChI is InChI=1S/C24H23F3N6O/c1-15-12-21(32-31-15)29-22-19-7-2-16(14-33-8-10-34-11-9-33)13-20(19)28-23(30-22)24(26,27)17-3-5-18(25)6-4-17/h2-7,12-13H,8-11,14H2,1H3,(H2,28,29,30,31,32). The molecule has 7 nitrogen and oxygen atoms in total. The second-order valence-corrected chi connectivity index (χ2v) is 8.28. The molecule has 0 radical (unpaired) electrons. The molecule has 34 heavy (non-hydrogen) atoms. The van der Waals surface area contributed by atoms with Crippen molar-refractivity contribution in [2.75, 3.05) is 31.6 Å². The number of rotatable bonds is 6. The Morgan fingerprint density at radius 1 is 1.06 bits per heavy atom. The second kappa shape index (κ2) is 9.03. The van der Waals surface area contributed by atoms with Crippen molar-refractivity contribution in [2.24, 2.45) is 0 Å². The highest BCUT2D eigenvalue weighted by Crippen LogP contribution is 2.36. The van der Waals surface area contributed by atoms with Gasteiger partial charge in [-0.15, -0.1) is 0 Å². The molecule has 0 atom stereocenters. The van der Waals surface area contributed by atoms with Crippen molar-refractivity contribution >= 4 is 22.5 Å². The Kier molecular flexibility index (Phi) is 5.93. The lowest BCUT2D eigenvalue weighted by atomic mass is 10.1. The van der Waals surface area contributed by atoms with Gasteiger partial charge in [0, 0.05) is 42.3 Å². The average molecular weight is 468 g/mol. The Bertz CT molecular complexity index is 1300. The first-order valence-corrected chi connectivity index (χ1v) is 10.9. The fourth-order valence-corrected chi connectivity index (χ4v) is 3.92. The molecule has 4 aromatic rings. The van der Waals surface area contributed by atoms with Crippen LogP contribution in [0.25, 0.3) is 10.9 Å². The van der Waals surface area contributed by atoms with Gasteiger partial charge in [-0.1, -0.05) is 6.07 Å². The number of hydrogen-bond donors (Lipinski definition) is 2. The van der Waals surface area contributed by atoms with E-state index in [9.17, 15) is 4.39 Å². The summed E-state index contributed by atoms with van der Waals surface area (Å²) < 4.78 is 49.6. The zero-order valence-corrected chi connectivity index (χ0v) is 18.5. The Morgan fingerprint density at radius 3 is 2.53 bits per heavy atom. The Balaban J connectivity index is 1.58. The zero-order chi connectivity index (χ0) is 23.7. The summed E-state index contributed by atoms with van der Waals surface area (Å²) in [5, 5.41) is 10.6. The van der Waals surface area contributed by atoms with Crippen molar-refractivity contribution in [3.63, 3.8) is 0 Å². The number of halogens is 3. The first-order valence-electron chi connectivity index (χ1n) is 10.9. The number of ether oxygens (including phenoxy) is 1. The number of fused-ring (bicyclic) bond motifs is 1. The molecule has 1 aliphatic heterocycles. The SMILES string of the molecule is Cc1cc(Nc2nc(C(F)(F)c3ccc(F)cc3)nc3cc(CN4CCOCC4)ccc23)n[nH]1. The van der Waals surface area contributed by atoms with Crippen molar-refractivity contribution in [1.29, 1.82) is 0 Å². The van der Waals surface area contributed by atoms with E-state index in [-0.39, 0.29) is 11.4 Å². The molecule has 0 saturated carbocycles. The van der Waals surface area contributed by atoms with Crippen LogP contribution in [-0.4, -0.2) is 51.4 Å². The fourth-order valence-electron chi connectivity index (χ4n) is 3.92. The summed E-state index contributed by atoms with van der Waals surface area (Å²) in [4.78, 5) is 10.7. The number of H-pyrrole nitrogens is 1. The number of benzene rings is 2. The van der Waals surface area contributed by atoms with Crippen LogP contribution in [0.15, 0.2) is 48.5 Å². The maximum Gasteiger partial charge on any atom is 0.331 e. The monoisotopic (exact) mass is 468 g/mol. The fraction of sp³-hybridized carbons (Fsp3) is 0.292. The third-order valence-electron chi connectivity index (χ3n) is 5.71. The molecular weight excluding hydrogens is 445 g/mol. The molecule has 0 unspecified atom stereocenters. The molecule has 2 aromatic heterocycles. The lowest BCUT2D eigenvalue weighted by molar-refractivity contribution is 0.0331. The van der Waals surface area contributed by atoms with Crippen LogP contribution < -0.4 is 5.32 Å². The van der Waals surface area contributed by atoms with Crippen LogP contribution in [0.4, 0.5) is 24.8 Å². The molecule has 176 valence electrons. The van der Waals surface area contributed by atoms with Crippen molar-refractivity contribution in [2.45, 2.75) is 19.4 Å². The molecule has 0 bridgehead atoms. The minimum absolute atomic E-state index is 0.214. The molecule has 10 heteroatoms. The largest absolute Gasteiger partial charge is 0.379 e. The number of hydrogen-bond acceptors (Lipinski definition) is 6. The molecule has 2 N–H and O–H groups in total. The second-order valence-electron chi connectivity index (χ2n) is 8.28.